The van der Waals surface area contributed by atoms with E-state index in [-0.39, 0.29) is 30.9 Å². The predicted octanol–water partition coefficient (Wildman–Crippen LogP) is 4.40. The number of benzene rings is 1. The molecule has 0 aliphatic carbocycles. The third-order valence-corrected chi connectivity index (χ3v) is 5.59. The number of carbonyl (C=O) groups is 2. The highest BCUT2D eigenvalue weighted by molar-refractivity contribution is 9.10. The monoisotopic (exact) mass is 487 g/mol. The van der Waals surface area contributed by atoms with Crippen molar-refractivity contribution in [3.63, 3.8) is 0 Å². The van der Waals surface area contributed by atoms with Gasteiger partial charge in [0.15, 0.2) is 11.5 Å². The molecular formula is C19H22BrNO5S2. The average Bonchev–Trinajstić information content (AvgIpc) is 2.89. The predicted molar refractivity (Wildman–Crippen MR) is 118 cm³/mol. The number of ether oxygens (including phenoxy) is 3. The molecule has 1 aliphatic heterocycles. The number of thioether (sulfide) groups is 1. The highest BCUT2D eigenvalue weighted by atomic mass is 79.9. The normalized spacial score (nSPS) is 15.5. The van der Waals surface area contributed by atoms with Gasteiger partial charge in [0.1, 0.15) is 4.32 Å². The number of thiocarbonyl (C=S) groups is 1. The van der Waals surface area contributed by atoms with Gasteiger partial charge in [-0.25, -0.2) is 0 Å². The molecule has 0 atom stereocenters. The number of rotatable bonds is 8. The molecule has 1 aliphatic rings. The second-order valence-corrected chi connectivity index (χ2v) is 8.62. The minimum atomic E-state index is -0.385. The molecule has 1 aromatic carbocycles. The Balaban J connectivity index is 2.28. The number of methoxy groups -OCH3 is 1. The zero-order valence-electron chi connectivity index (χ0n) is 16.1. The lowest BCUT2D eigenvalue weighted by Crippen LogP contribution is -2.30. The van der Waals surface area contributed by atoms with Crippen molar-refractivity contribution in [1.82, 2.24) is 4.90 Å². The fraction of sp³-hybridized carbons (Fsp3) is 0.421. The average molecular weight is 488 g/mol. The molecule has 0 spiro atoms. The van der Waals surface area contributed by atoms with Crippen LogP contribution in [0.4, 0.5) is 0 Å². The minimum absolute atomic E-state index is 0.00702. The lowest BCUT2D eigenvalue weighted by atomic mass is 10.1. The van der Waals surface area contributed by atoms with Crippen molar-refractivity contribution in [2.45, 2.75) is 33.3 Å². The third-order valence-electron chi connectivity index (χ3n) is 3.62. The Morgan fingerprint density at radius 3 is 2.71 bits per heavy atom. The van der Waals surface area contributed by atoms with Crippen molar-refractivity contribution < 1.29 is 23.8 Å². The summed E-state index contributed by atoms with van der Waals surface area (Å²) in [6.45, 7) is 6.46. The first kappa shape index (κ1) is 22.7. The molecular weight excluding hydrogens is 466 g/mol. The van der Waals surface area contributed by atoms with E-state index in [9.17, 15) is 9.59 Å². The maximum Gasteiger partial charge on any atom is 0.307 e. The van der Waals surface area contributed by atoms with E-state index < -0.39 is 0 Å². The molecule has 9 heteroatoms. The largest absolute Gasteiger partial charge is 0.490 e. The molecule has 1 heterocycles. The van der Waals surface area contributed by atoms with Gasteiger partial charge in [-0.2, -0.15) is 0 Å². The van der Waals surface area contributed by atoms with E-state index in [1.165, 1.54) is 23.8 Å². The van der Waals surface area contributed by atoms with E-state index in [4.69, 9.17) is 21.7 Å². The van der Waals surface area contributed by atoms with Gasteiger partial charge in [0.25, 0.3) is 5.91 Å². The quantitative estimate of drug-likeness (QED) is 0.305. The molecule has 1 saturated heterocycles. The van der Waals surface area contributed by atoms with E-state index in [1.807, 2.05) is 32.9 Å². The number of esters is 1. The summed E-state index contributed by atoms with van der Waals surface area (Å²) < 4.78 is 17.3. The molecule has 28 heavy (non-hydrogen) atoms. The van der Waals surface area contributed by atoms with Crippen LogP contribution in [0.2, 0.25) is 0 Å². The van der Waals surface area contributed by atoms with E-state index in [0.29, 0.717) is 27.3 Å². The maximum absolute atomic E-state index is 12.7. The Bertz CT molecular complexity index is 810. The van der Waals surface area contributed by atoms with Crippen LogP contribution in [0.1, 0.15) is 32.8 Å². The van der Waals surface area contributed by atoms with Gasteiger partial charge in [0.05, 0.1) is 35.6 Å². The van der Waals surface area contributed by atoms with Crippen molar-refractivity contribution in [3.8, 4) is 11.5 Å². The lowest BCUT2D eigenvalue weighted by Gasteiger charge is -2.17. The van der Waals surface area contributed by atoms with E-state index in [2.05, 4.69) is 20.7 Å². The molecule has 0 unspecified atom stereocenters. The van der Waals surface area contributed by atoms with Gasteiger partial charge < -0.3 is 14.2 Å². The molecule has 6 nitrogen and oxygen atoms in total. The first-order valence-corrected chi connectivity index (χ1v) is 10.7. The number of nitrogens with zero attached hydrogens (tertiary/aromatic N) is 1. The van der Waals surface area contributed by atoms with Crippen molar-refractivity contribution in [1.29, 1.82) is 0 Å². The first-order valence-electron chi connectivity index (χ1n) is 8.72. The van der Waals surface area contributed by atoms with Gasteiger partial charge in [0.2, 0.25) is 0 Å². The van der Waals surface area contributed by atoms with Crippen molar-refractivity contribution in [2.75, 3.05) is 20.3 Å². The fourth-order valence-corrected chi connectivity index (χ4v) is 4.30. The van der Waals surface area contributed by atoms with Crippen LogP contribution >= 0.6 is 39.9 Å². The first-order chi connectivity index (χ1) is 13.3. The highest BCUT2D eigenvalue weighted by Gasteiger charge is 2.32. The summed E-state index contributed by atoms with van der Waals surface area (Å²) in [4.78, 5) is 25.9. The third kappa shape index (κ3) is 5.71. The number of hydrogen-bond acceptors (Lipinski definition) is 7. The Labute approximate surface area is 182 Å². The Morgan fingerprint density at radius 2 is 2.11 bits per heavy atom. The second kappa shape index (κ2) is 10.3. The van der Waals surface area contributed by atoms with E-state index in [1.54, 1.807) is 6.08 Å². The standard InChI is InChI=1S/C19H22BrNO5S2/c1-5-25-14-9-12(8-13(20)17(14)26-11(2)3)10-15-18(23)21(19(27)28-15)7-6-16(22)24-4/h8-11H,5-7H2,1-4H3/b15-10-. The molecule has 152 valence electrons. The van der Waals surface area contributed by atoms with Crippen LogP contribution in [0.3, 0.4) is 0 Å². The molecule has 1 amide bonds. The van der Waals surface area contributed by atoms with E-state index >= 15 is 0 Å². The molecule has 0 aromatic heterocycles. The summed E-state index contributed by atoms with van der Waals surface area (Å²) in [5.41, 5.74) is 0.778. The molecule has 2 rings (SSSR count). The van der Waals surface area contributed by atoms with Crippen molar-refractivity contribution in [2.24, 2.45) is 0 Å². The zero-order valence-corrected chi connectivity index (χ0v) is 19.3. The molecule has 0 saturated carbocycles. The van der Waals surface area contributed by atoms with Crippen molar-refractivity contribution in [3.05, 3.63) is 27.1 Å². The van der Waals surface area contributed by atoms with Gasteiger partial charge in [-0.1, -0.05) is 24.0 Å². The van der Waals surface area contributed by atoms with Crippen LogP contribution in [-0.4, -0.2) is 47.5 Å². The Hall–Kier alpha value is -1.58. The summed E-state index contributed by atoms with van der Waals surface area (Å²) in [6, 6.07) is 3.69. The van der Waals surface area contributed by atoms with E-state index in [0.717, 1.165) is 10.0 Å². The van der Waals surface area contributed by atoms with Crippen LogP contribution in [0, 0.1) is 0 Å². The summed E-state index contributed by atoms with van der Waals surface area (Å²) in [5.74, 6) is 0.608. The van der Waals surface area contributed by atoms with Gasteiger partial charge in [-0.05, 0) is 60.5 Å². The fourth-order valence-electron chi connectivity index (χ4n) is 2.43. The number of hydrogen-bond donors (Lipinski definition) is 0. The van der Waals surface area contributed by atoms with Crippen LogP contribution in [-0.2, 0) is 14.3 Å². The second-order valence-electron chi connectivity index (χ2n) is 6.09. The zero-order chi connectivity index (χ0) is 20.8. The molecule has 1 fully saturated rings. The maximum atomic E-state index is 12.7. The van der Waals surface area contributed by atoms with Gasteiger partial charge >= 0.3 is 5.97 Å². The molecule has 0 bridgehead atoms. The van der Waals surface area contributed by atoms with Gasteiger partial charge in [-0.15, -0.1) is 0 Å². The summed E-state index contributed by atoms with van der Waals surface area (Å²) >= 11 is 10.0. The van der Waals surface area contributed by atoms with Crippen LogP contribution in [0.5, 0.6) is 11.5 Å². The summed E-state index contributed by atoms with van der Waals surface area (Å²) in [5, 5.41) is 0. The number of carbonyl (C=O) groups excluding carboxylic acids is 2. The van der Waals surface area contributed by atoms with Gasteiger partial charge in [0, 0.05) is 6.54 Å². The SMILES string of the molecule is CCOc1cc(/C=C2\SC(=S)N(CCC(=O)OC)C2=O)cc(Br)c1OC(C)C. The highest BCUT2D eigenvalue weighted by Crippen LogP contribution is 2.39. The smallest absolute Gasteiger partial charge is 0.307 e. The minimum Gasteiger partial charge on any atom is -0.490 e. The Kier molecular flexibility index (Phi) is 8.33. The number of halogens is 1. The molecule has 0 radical (unpaired) electrons. The van der Waals surface area contributed by atoms with Crippen LogP contribution in [0.15, 0.2) is 21.5 Å². The summed E-state index contributed by atoms with van der Waals surface area (Å²) in [6.07, 6.45) is 1.84. The number of amides is 1. The Morgan fingerprint density at radius 1 is 1.39 bits per heavy atom. The van der Waals surface area contributed by atoms with Crippen molar-refractivity contribution >= 4 is 62.2 Å². The topological polar surface area (TPSA) is 65.1 Å². The van der Waals surface area contributed by atoms with Gasteiger partial charge in [-0.3, -0.25) is 14.5 Å². The molecule has 0 N–H and O–H groups in total. The van der Waals surface area contributed by atoms with Crippen LogP contribution < -0.4 is 9.47 Å². The summed E-state index contributed by atoms with van der Waals surface area (Å²) in [7, 11) is 1.31. The lowest BCUT2D eigenvalue weighted by molar-refractivity contribution is -0.140. The molecule has 1 aromatic rings. The van der Waals surface area contributed by atoms with Crippen LogP contribution in [0.25, 0.3) is 6.08 Å².